The molecule has 1 saturated heterocycles. The van der Waals surface area contributed by atoms with E-state index in [1.807, 2.05) is 18.2 Å². The van der Waals surface area contributed by atoms with Gasteiger partial charge < -0.3 is 9.84 Å². The van der Waals surface area contributed by atoms with Gasteiger partial charge in [-0.2, -0.15) is 0 Å². The summed E-state index contributed by atoms with van der Waals surface area (Å²) in [5.74, 6) is -3.18. The van der Waals surface area contributed by atoms with E-state index >= 15 is 0 Å². The Kier molecular flexibility index (Phi) is 6.64. The Morgan fingerprint density at radius 2 is 1.76 bits per heavy atom. The number of hydrogen-bond donors (Lipinski definition) is 1. The zero-order chi connectivity index (χ0) is 29.9. The van der Waals surface area contributed by atoms with Crippen molar-refractivity contribution in [3.05, 3.63) is 94.1 Å². The number of imide groups is 1. The molecule has 2 amide bonds. The van der Waals surface area contributed by atoms with Crippen LogP contribution in [0.4, 0.5) is 5.69 Å². The van der Waals surface area contributed by atoms with Gasteiger partial charge in [0, 0.05) is 28.2 Å². The molecule has 1 heterocycles. The summed E-state index contributed by atoms with van der Waals surface area (Å²) in [5, 5.41) is 10.00. The van der Waals surface area contributed by atoms with Gasteiger partial charge in [-0.3, -0.25) is 28.9 Å². The molecule has 8 heteroatoms. The summed E-state index contributed by atoms with van der Waals surface area (Å²) in [5.41, 5.74) is 3.62. The van der Waals surface area contributed by atoms with Gasteiger partial charge in [0.2, 0.25) is 11.8 Å². The number of carbonyl (C=O) groups excluding carboxylic acids is 5. The Bertz CT molecular complexity index is 1710. The highest BCUT2D eigenvalue weighted by molar-refractivity contribution is 6.24. The number of fused-ring (bicyclic) bond motifs is 3. The topological polar surface area (TPSA) is 118 Å². The highest BCUT2D eigenvalue weighted by atomic mass is 16.5. The molecule has 212 valence electrons. The molecule has 4 unspecified atom stereocenters. The molecule has 0 spiro atoms. The summed E-state index contributed by atoms with van der Waals surface area (Å²) in [7, 11) is 1.46. The van der Waals surface area contributed by atoms with E-state index in [1.165, 1.54) is 31.1 Å². The van der Waals surface area contributed by atoms with Crippen molar-refractivity contribution in [3.8, 4) is 11.5 Å². The molecular weight excluding hydrogens is 534 g/mol. The monoisotopic (exact) mass is 563 g/mol. The molecule has 0 aromatic heterocycles. The highest BCUT2D eigenvalue weighted by Gasteiger charge is 2.56. The van der Waals surface area contributed by atoms with Crippen LogP contribution in [-0.2, 0) is 19.2 Å². The van der Waals surface area contributed by atoms with Gasteiger partial charge in [-0.25, -0.2) is 0 Å². The molecule has 2 aromatic carbocycles. The van der Waals surface area contributed by atoms with Gasteiger partial charge in [0.1, 0.15) is 0 Å². The quantitative estimate of drug-likeness (QED) is 0.241. The molecule has 1 aliphatic heterocycles. The zero-order valence-corrected chi connectivity index (χ0v) is 23.4. The molecule has 0 bridgehead atoms. The first-order valence-corrected chi connectivity index (χ1v) is 13.8. The third kappa shape index (κ3) is 4.26. The van der Waals surface area contributed by atoms with Crippen LogP contribution >= 0.6 is 0 Å². The van der Waals surface area contributed by atoms with Gasteiger partial charge in [0.15, 0.2) is 28.8 Å². The van der Waals surface area contributed by atoms with Crippen LogP contribution in [0.15, 0.2) is 83.0 Å². The Balaban J connectivity index is 1.40. The minimum Gasteiger partial charge on any atom is -0.504 e. The third-order valence-electron chi connectivity index (χ3n) is 8.83. The molecule has 1 N–H and O–H groups in total. The average Bonchev–Trinajstić information content (AvgIpc) is 3.24. The average molecular weight is 564 g/mol. The van der Waals surface area contributed by atoms with Gasteiger partial charge in [-0.05, 0) is 80.6 Å². The minimum absolute atomic E-state index is 0.00266. The van der Waals surface area contributed by atoms with E-state index in [2.05, 4.69) is 0 Å². The number of hydrogen-bond acceptors (Lipinski definition) is 7. The maximum atomic E-state index is 13.9. The SMILES string of the molecule is COc1cc(C=CC2C3=CCC4C(=O)N(c5ccc(C(C)=O)cc5)C(=O)C4C3CC3=C2C(=O)C(C)=CC3=O)ccc1O. The number of Topliss-reactive ketones (excluding diaryl/α,β-unsaturated/α-hetero) is 2. The van der Waals surface area contributed by atoms with Crippen LogP contribution in [0.5, 0.6) is 11.5 Å². The van der Waals surface area contributed by atoms with Gasteiger partial charge in [-0.1, -0.05) is 29.9 Å². The van der Waals surface area contributed by atoms with Gasteiger partial charge in [-0.15, -0.1) is 0 Å². The van der Waals surface area contributed by atoms with Crippen LogP contribution in [-0.4, -0.2) is 41.4 Å². The molecule has 3 aliphatic carbocycles. The van der Waals surface area contributed by atoms with Crippen molar-refractivity contribution < 1.29 is 33.8 Å². The van der Waals surface area contributed by atoms with Crippen molar-refractivity contribution in [2.45, 2.75) is 26.7 Å². The fourth-order valence-corrected chi connectivity index (χ4v) is 6.74. The van der Waals surface area contributed by atoms with Crippen molar-refractivity contribution in [2.75, 3.05) is 12.0 Å². The number of ketones is 3. The number of ether oxygens (including phenoxy) is 1. The molecule has 0 saturated carbocycles. The number of amides is 2. The molecule has 2 aromatic rings. The standard InChI is InChI=1S/C34H29NO7/c1-17-14-28(38)26-16-25-22(23(30(26)32(17)39)10-4-19-5-13-27(37)29(15-19)42-3)11-12-24-31(25)34(41)35(33(24)40)21-8-6-20(7-9-21)18(2)36/h4-11,13-15,23-25,31,37H,12,16H2,1-3H3. The lowest BCUT2D eigenvalue weighted by molar-refractivity contribution is -0.123. The van der Waals surface area contributed by atoms with E-state index in [1.54, 1.807) is 43.3 Å². The number of nitrogens with zero attached hydrogens (tertiary/aromatic N) is 1. The molecular formula is C34H29NO7. The summed E-state index contributed by atoms with van der Waals surface area (Å²) in [6, 6.07) is 11.3. The molecule has 1 fully saturated rings. The number of phenols is 1. The summed E-state index contributed by atoms with van der Waals surface area (Å²) in [6.07, 6.45) is 7.50. The summed E-state index contributed by atoms with van der Waals surface area (Å²) >= 11 is 0. The number of phenolic OH excluding ortho intramolecular Hbond substituents is 1. The van der Waals surface area contributed by atoms with Crippen LogP contribution in [0.1, 0.15) is 42.6 Å². The summed E-state index contributed by atoms with van der Waals surface area (Å²) in [6.45, 7) is 3.08. The van der Waals surface area contributed by atoms with E-state index in [4.69, 9.17) is 4.74 Å². The number of aromatic hydroxyl groups is 1. The van der Waals surface area contributed by atoms with Gasteiger partial charge >= 0.3 is 0 Å². The zero-order valence-electron chi connectivity index (χ0n) is 23.4. The fourth-order valence-electron chi connectivity index (χ4n) is 6.74. The number of benzene rings is 2. The normalized spacial score (nSPS) is 25.3. The predicted molar refractivity (Wildman–Crippen MR) is 155 cm³/mol. The molecule has 8 nitrogen and oxygen atoms in total. The van der Waals surface area contributed by atoms with E-state index in [-0.39, 0.29) is 41.3 Å². The third-order valence-corrected chi connectivity index (χ3v) is 8.83. The summed E-state index contributed by atoms with van der Waals surface area (Å²) < 4.78 is 5.23. The van der Waals surface area contributed by atoms with Crippen LogP contribution < -0.4 is 9.64 Å². The Morgan fingerprint density at radius 3 is 2.45 bits per heavy atom. The largest absolute Gasteiger partial charge is 0.504 e. The first kappa shape index (κ1) is 27.3. The van der Waals surface area contributed by atoms with E-state index in [9.17, 15) is 29.1 Å². The molecule has 6 rings (SSSR count). The number of anilines is 1. The highest BCUT2D eigenvalue weighted by Crippen LogP contribution is 2.53. The first-order chi connectivity index (χ1) is 20.1. The van der Waals surface area contributed by atoms with Crippen molar-refractivity contribution in [2.24, 2.45) is 23.7 Å². The predicted octanol–water partition coefficient (Wildman–Crippen LogP) is 4.78. The van der Waals surface area contributed by atoms with Crippen molar-refractivity contribution in [1.29, 1.82) is 0 Å². The molecule has 42 heavy (non-hydrogen) atoms. The first-order valence-electron chi connectivity index (χ1n) is 13.8. The van der Waals surface area contributed by atoms with Crippen LogP contribution in [0, 0.1) is 23.7 Å². The number of carbonyl (C=O) groups is 5. The second-order valence-corrected chi connectivity index (χ2v) is 11.2. The summed E-state index contributed by atoms with van der Waals surface area (Å²) in [4.78, 5) is 67.2. The lowest BCUT2D eigenvalue weighted by Gasteiger charge is -2.41. The number of rotatable bonds is 5. The maximum absolute atomic E-state index is 13.9. The number of allylic oxidation sites excluding steroid dienone is 7. The second-order valence-electron chi connectivity index (χ2n) is 11.2. The van der Waals surface area contributed by atoms with Gasteiger partial charge in [0.25, 0.3) is 0 Å². The van der Waals surface area contributed by atoms with Crippen molar-refractivity contribution in [3.63, 3.8) is 0 Å². The number of methoxy groups -OCH3 is 1. The van der Waals surface area contributed by atoms with Crippen molar-refractivity contribution >= 4 is 40.9 Å². The lowest BCUT2D eigenvalue weighted by atomic mass is 9.60. The lowest BCUT2D eigenvalue weighted by Crippen LogP contribution is -2.40. The maximum Gasteiger partial charge on any atom is 0.238 e. The van der Waals surface area contributed by atoms with E-state index in [0.717, 1.165) is 11.1 Å². The molecule has 0 radical (unpaired) electrons. The van der Waals surface area contributed by atoms with E-state index in [0.29, 0.717) is 40.1 Å². The fraction of sp³-hybridized carbons (Fsp3) is 0.265. The Labute approximate surface area is 242 Å². The van der Waals surface area contributed by atoms with Crippen molar-refractivity contribution in [1.82, 2.24) is 0 Å². The Morgan fingerprint density at radius 1 is 1.02 bits per heavy atom. The van der Waals surface area contributed by atoms with E-state index < -0.39 is 23.7 Å². The Hall–Kier alpha value is -4.85. The molecule has 4 atom stereocenters. The van der Waals surface area contributed by atoms with Crippen LogP contribution in [0.2, 0.25) is 0 Å². The second kappa shape index (κ2) is 10.2. The molecule has 4 aliphatic rings. The van der Waals surface area contributed by atoms with Crippen LogP contribution in [0.25, 0.3) is 6.08 Å². The minimum atomic E-state index is -0.682. The van der Waals surface area contributed by atoms with Gasteiger partial charge in [0.05, 0.1) is 24.6 Å². The smallest absolute Gasteiger partial charge is 0.238 e. The van der Waals surface area contributed by atoms with Crippen LogP contribution in [0.3, 0.4) is 0 Å².